The number of piperidine rings is 1. The molecule has 0 N–H and O–H groups in total. The summed E-state index contributed by atoms with van der Waals surface area (Å²) >= 11 is 0. The average Bonchev–Trinajstić information content (AvgIpc) is 3.47. The number of hydrogen-bond acceptors (Lipinski definition) is 6. The number of carbonyl (C=O) groups is 2. The van der Waals surface area contributed by atoms with E-state index in [4.69, 9.17) is 14.4 Å². The number of hydrogen-bond donors (Lipinski definition) is 0. The predicted molar refractivity (Wildman–Crippen MR) is 117 cm³/mol. The maximum atomic E-state index is 13.3. The second-order valence-corrected chi connectivity index (χ2v) is 9.36. The van der Waals surface area contributed by atoms with E-state index in [0.29, 0.717) is 42.9 Å². The second kappa shape index (κ2) is 8.65. The molecule has 2 aromatic rings. The van der Waals surface area contributed by atoms with Gasteiger partial charge in [0.1, 0.15) is 5.60 Å². The van der Waals surface area contributed by atoms with Gasteiger partial charge in [0.25, 0.3) is 5.91 Å². The molecule has 1 saturated heterocycles. The van der Waals surface area contributed by atoms with E-state index in [2.05, 4.69) is 11.1 Å². The van der Waals surface area contributed by atoms with Crippen LogP contribution < -0.4 is 0 Å². The smallest absolute Gasteiger partial charge is 0.410 e. The van der Waals surface area contributed by atoms with E-state index in [9.17, 15) is 9.59 Å². The molecule has 2 heterocycles. The number of ether oxygens (including phenoxy) is 1. The molecule has 2 aliphatic rings. The molecule has 1 saturated carbocycles. The van der Waals surface area contributed by atoms with Crippen LogP contribution in [-0.4, -0.2) is 57.6 Å². The highest BCUT2D eigenvalue weighted by molar-refractivity contribution is 5.92. The lowest BCUT2D eigenvalue weighted by Gasteiger charge is -2.38. The average molecular weight is 437 g/mol. The third-order valence-electron chi connectivity index (χ3n) is 5.66. The molecule has 0 bridgehead atoms. The molecule has 1 aromatic heterocycles. The fourth-order valence-electron chi connectivity index (χ4n) is 3.96. The molecule has 0 radical (unpaired) electrons. The predicted octanol–water partition coefficient (Wildman–Crippen LogP) is 4.22. The summed E-state index contributed by atoms with van der Waals surface area (Å²) in [6.45, 7) is 6.68. The highest BCUT2D eigenvalue weighted by Gasteiger charge is 2.41. The van der Waals surface area contributed by atoms with Crippen molar-refractivity contribution < 1.29 is 18.7 Å². The zero-order valence-corrected chi connectivity index (χ0v) is 18.7. The third kappa shape index (κ3) is 4.93. The number of aromatic nitrogens is 1. The van der Waals surface area contributed by atoms with Crippen LogP contribution in [0.1, 0.15) is 62.6 Å². The number of amides is 2. The van der Waals surface area contributed by atoms with Crippen molar-refractivity contribution >= 4 is 12.0 Å². The lowest BCUT2D eigenvalue weighted by Crippen LogP contribution is -2.50. The number of rotatable bonds is 4. The summed E-state index contributed by atoms with van der Waals surface area (Å²) in [6, 6.07) is 9.23. The van der Waals surface area contributed by atoms with Gasteiger partial charge in [-0.25, -0.2) is 9.78 Å². The molecular weight excluding hydrogens is 408 g/mol. The first kappa shape index (κ1) is 21.9. The minimum atomic E-state index is -0.525. The maximum absolute atomic E-state index is 13.3. The normalized spacial score (nSPS) is 17.0. The van der Waals surface area contributed by atoms with Gasteiger partial charge in [-0.3, -0.25) is 4.79 Å². The number of oxazole rings is 1. The van der Waals surface area contributed by atoms with Crippen LogP contribution in [-0.2, 0) is 4.74 Å². The van der Waals surface area contributed by atoms with Gasteiger partial charge in [0, 0.05) is 30.7 Å². The molecule has 1 aromatic carbocycles. The quantitative estimate of drug-likeness (QED) is 0.712. The summed E-state index contributed by atoms with van der Waals surface area (Å²) in [5, 5.41) is 8.95. The Morgan fingerprint density at radius 2 is 1.75 bits per heavy atom. The Bertz CT molecular complexity index is 1020. The van der Waals surface area contributed by atoms with E-state index in [1.807, 2.05) is 25.7 Å². The summed E-state index contributed by atoms with van der Waals surface area (Å²) in [6.07, 6.45) is 4.54. The van der Waals surface area contributed by atoms with E-state index in [1.165, 1.54) is 6.20 Å². The topological polar surface area (TPSA) is 99.7 Å². The Kier molecular flexibility index (Phi) is 5.92. The van der Waals surface area contributed by atoms with Crippen LogP contribution in [0.15, 0.2) is 34.9 Å². The molecule has 4 rings (SSSR count). The standard InChI is InChI=1S/C24H28N4O4/c1-24(2,3)32-23(30)27-12-10-19(11-13-27)28(18-8-9-18)22(29)20-15-26-21(31-20)17-6-4-16(14-25)5-7-17/h4-7,15,18-19H,8-13H2,1-3H3. The van der Waals surface area contributed by atoms with Crippen molar-refractivity contribution in [3.05, 3.63) is 41.8 Å². The SMILES string of the molecule is CC(C)(C)OC(=O)N1CCC(N(C(=O)c2cnc(-c3ccc(C#N)cc3)o2)C2CC2)CC1. The van der Waals surface area contributed by atoms with Crippen LogP contribution in [0.3, 0.4) is 0 Å². The first-order valence-electron chi connectivity index (χ1n) is 11.0. The zero-order chi connectivity index (χ0) is 22.9. The van der Waals surface area contributed by atoms with Gasteiger partial charge in [-0.15, -0.1) is 0 Å². The molecule has 2 fully saturated rings. The molecule has 0 unspecified atom stereocenters. The number of nitrogens with zero attached hydrogens (tertiary/aromatic N) is 4. The van der Waals surface area contributed by atoms with Crippen molar-refractivity contribution in [2.24, 2.45) is 0 Å². The Morgan fingerprint density at radius 1 is 1.12 bits per heavy atom. The Morgan fingerprint density at radius 3 is 2.31 bits per heavy atom. The van der Waals surface area contributed by atoms with Crippen molar-refractivity contribution in [2.75, 3.05) is 13.1 Å². The van der Waals surface area contributed by atoms with Gasteiger partial charge >= 0.3 is 6.09 Å². The van der Waals surface area contributed by atoms with E-state index >= 15 is 0 Å². The van der Waals surface area contributed by atoms with Crippen molar-refractivity contribution in [3.63, 3.8) is 0 Å². The molecule has 1 aliphatic heterocycles. The van der Waals surface area contributed by atoms with Gasteiger partial charge in [0.15, 0.2) is 0 Å². The number of likely N-dealkylation sites (tertiary alicyclic amines) is 1. The lowest BCUT2D eigenvalue weighted by atomic mass is 10.0. The largest absolute Gasteiger partial charge is 0.444 e. The van der Waals surface area contributed by atoms with Gasteiger partial charge in [-0.1, -0.05) is 0 Å². The monoisotopic (exact) mass is 436 g/mol. The molecule has 0 spiro atoms. The van der Waals surface area contributed by atoms with Crippen LogP contribution in [0.25, 0.3) is 11.5 Å². The van der Waals surface area contributed by atoms with E-state index in [-0.39, 0.29) is 29.8 Å². The van der Waals surface area contributed by atoms with Crippen molar-refractivity contribution in [1.82, 2.24) is 14.8 Å². The van der Waals surface area contributed by atoms with Crippen molar-refractivity contribution in [3.8, 4) is 17.5 Å². The number of benzene rings is 1. The summed E-state index contributed by atoms with van der Waals surface area (Å²) < 4.78 is 11.3. The third-order valence-corrected chi connectivity index (χ3v) is 5.66. The molecule has 2 amide bonds. The second-order valence-electron chi connectivity index (χ2n) is 9.36. The van der Waals surface area contributed by atoms with Crippen LogP contribution in [0, 0.1) is 11.3 Å². The molecule has 32 heavy (non-hydrogen) atoms. The van der Waals surface area contributed by atoms with Crippen LogP contribution >= 0.6 is 0 Å². The molecular formula is C24H28N4O4. The highest BCUT2D eigenvalue weighted by atomic mass is 16.6. The van der Waals surface area contributed by atoms with Crippen molar-refractivity contribution in [2.45, 2.75) is 64.1 Å². The van der Waals surface area contributed by atoms with Gasteiger partial charge in [-0.05, 0) is 70.7 Å². The lowest BCUT2D eigenvalue weighted by molar-refractivity contribution is 0.0139. The summed E-state index contributed by atoms with van der Waals surface area (Å²) in [5.74, 6) is 0.412. The minimum absolute atomic E-state index is 0.0529. The molecule has 168 valence electrons. The van der Waals surface area contributed by atoms with Crippen LogP contribution in [0.5, 0.6) is 0 Å². The summed E-state index contributed by atoms with van der Waals surface area (Å²) in [4.78, 5) is 33.6. The van der Waals surface area contributed by atoms with Crippen LogP contribution in [0.4, 0.5) is 4.79 Å². The van der Waals surface area contributed by atoms with E-state index in [0.717, 1.165) is 12.8 Å². The number of carbonyl (C=O) groups excluding carboxylic acids is 2. The van der Waals surface area contributed by atoms with Crippen molar-refractivity contribution in [1.29, 1.82) is 5.26 Å². The molecule has 0 atom stereocenters. The van der Waals surface area contributed by atoms with Gasteiger partial charge in [0.2, 0.25) is 11.7 Å². The highest BCUT2D eigenvalue weighted by Crippen LogP contribution is 2.34. The number of nitriles is 1. The Balaban J connectivity index is 1.43. The first-order valence-corrected chi connectivity index (χ1v) is 11.0. The molecule has 8 heteroatoms. The fraction of sp³-hybridized carbons (Fsp3) is 0.500. The van der Waals surface area contributed by atoms with E-state index in [1.54, 1.807) is 29.2 Å². The Hall–Kier alpha value is -3.34. The minimum Gasteiger partial charge on any atom is -0.444 e. The Labute approximate surface area is 187 Å². The first-order chi connectivity index (χ1) is 15.2. The fourth-order valence-corrected chi connectivity index (χ4v) is 3.96. The van der Waals surface area contributed by atoms with Gasteiger partial charge < -0.3 is 19.0 Å². The molecule has 1 aliphatic carbocycles. The van der Waals surface area contributed by atoms with Gasteiger partial charge in [0.05, 0.1) is 17.8 Å². The van der Waals surface area contributed by atoms with Gasteiger partial charge in [-0.2, -0.15) is 5.26 Å². The maximum Gasteiger partial charge on any atom is 0.410 e. The molecule has 8 nitrogen and oxygen atoms in total. The van der Waals surface area contributed by atoms with E-state index < -0.39 is 5.60 Å². The zero-order valence-electron chi connectivity index (χ0n) is 18.7. The summed E-state index contributed by atoms with van der Waals surface area (Å²) in [5.41, 5.74) is 0.740. The summed E-state index contributed by atoms with van der Waals surface area (Å²) in [7, 11) is 0. The van der Waals surface area contributed by atoms with Crippen LogP contribution in [0.2, 0.25) is 0 Å².